The minimum atomic E-state index is 0.140. The van der Waals surface area contributed by atoms with E-state index in [1.807, 2.05) is 43.3 Å². The minimum Gasteiger partial charge on any atom is -0.377 e. The first-order chi connectivity index (χ1) is 13.0. The Morgan fingerprint density at radius 2 is 1.70 bits per heavy atom. The van der Waals surface area contributed by atoms with Crippen LogP contribution in [0.2, 0.25) is 0 Å². The van der Waals surface area contributed by atoms with Crippen LogP contribution >= 0.6 is 0 Å². The van der Waals surface area contributed by atoms with Crippen molar-refractivity contribution in [3.05, 3.63) is 65.2 Å². The van der Waals surface area contributed by atoms with E-state index in [0.717, 1.165) is 37.2 Å². The lowest BCUT2D eigenvalue weighted by molar-refractivity contribution is 0.0612. The second-order valence-corrected chi connectivity index (χ2v) is 7.90. The number of amides is 1. The first-order valence-corrected chi connectivity index (χ1v) is 9.78. The van der Waals surface area contributed by atoms with E-state index >= 15 is 0 Å². The van der Waals surface area contributed by atoms with Crippen molar-refractivity contribution in [2.24, 2.45) is 0 Å². The molecule has 0 radical (unpaired) electrons. The van der Waals surface area contributed by atoms with E-state index in [0.29, 0.717) is 0 Å². The van der Waals surface area contributed by atoms with Crippen molar-refractivity contribution in [3.63, 3.8) is 0 Å². The molecule has 1 atom stereocenters. The third-order valence-electron chi connectivity index (χ3n) is 5.24. The Hall–Kier alpha value is -2.33. The van der Waals surface area contributed by atoms with Gasteiger partial charge in [0.1, 0.15) is 0 Å². The van der Waals surface area contributed by atoms with Gasteiger partial charge in [0, 0.05) is 32.9 Å². The summed E-state index contributed by atoms with van der Waals surface area (Å²) in [6.07, 6.45) is 3.28. The molecule has 0 aliphatic carbocycles. The van der Waals surface area contributed by atoms with Crippen LogP contribution in [0.3, 0.4) is 0 Å². The summed E-state index contributed by atoms with van der Waals surface area (Å²) in [6.45, 7) is 1.76. The van der Waals surface area contributed by atoms with E-state index in [9.17, 15) is 4.79 Å². The van der Waals surface area contributed by atoms with E-state index in [4.69, 9.17) is 0 Å². The third kappa shape index (κ3) is 4.51. The summed E-state index contributed by atoms with van der Waals surface area (Å²) >= 11 is 0. The largest absolute Gasteiger partial charge is 0.377 e. The van der Waals surface area contributed by atoms with Crippen molar-refractivity contribution >= 4 is 11.6 Å². The van der Waals surface area contributed by atoms with Gasteiger partial charge in [0.15, 0.2) is 0 Å². The molecule has 0 saturated carbocycles. The molecule has 1 aliphatic heterocycles. The average Bonchev–Trinajstić information content (AvgIpc) is 2.67. The molecule has 1 unspecified atom stereocenters. The Kier molecular flexibility index (Phi) is 6.17. The summed E-state index contributed by atoms with van der Waals surface area (Å²) in [7, 11) is 8.14. The quantitative estimate of drug-likeness (QED) is 0.795. The van der Waals surface area contributed by atoms with Gasteiger partial charge in [0.25, 0.3) is 5.91 Å². The van der Waals surface area contributed by atoms with Gasteiger partial charge >= 0.3 is 0 Å². The first kappa shape index (κ1) is 19.4. The zero-order chi connectivity index (χ0) is 19.4. The van der Waals surface area contributed by atoms with Gasteiger partial charge in [-0.15, -0.1) is 0 Å². The second kappa shape index (κ2) is 8.57. The Morgan fingerprint density at radius 3 is 2.37 bits per heavy atom. The topological polar surface area (TPSA) is 26.8 Å². The molecule has 27 heavy (non-hydrogen) atoms. The molecule has 4 nitrogen and oxygen atoms in total. The maximum absolute atomic E-state index is 13.4. The molecule has 3 rings (SSSR count). The zero-order valence-corrected chi connectivity index (χ0v) is 17.0. The molecule has 4 heteroatoms. The van der Waals surface area contributed by atoms with Gasteiger partial charge in [0.05, 0.1) is 11.6 Å². The summed E-state index contributed by atoms with van der Waals surface area (Å²) < 4.78 is 0. The van der Waals surface area contributed by atoms with Crippen molar-refractivity contribution in [3.8, 4) is 0 Å². The molecule has 144 valence electrons. The third-order valence-corrected chi connectivity index (χ3v) is 5.24. The number of hydrogen-bond acceptors (Lipinski definition) is 3. The Labute approximate surface area is 163 Å². The predicted octanol–water partition coefficient (Wildman–Crippen LogP) is 4.18. The molecule has 0 N–H and O–H groups in total. The van der Waals surface area contributed by atoms with E-state index in [1.165, 1.54) is 17.5 Å². The van der Waals surface area contributed by atoms with Gasteiger partial charge in [-0.2, -0.15) is 0 Å². The molecule has 0 bridgehead atoms. The Balaban J connectivity index is 1.86. The lowest BCUT2D eigenvalue weighted by atomic mass is 9.93. The van der Waals surface area contributed by atoms with Crippen molar-refractivity contribution in [2.45, 2.75) is 31.8 Å². The van der Waals surface area contributed by atoms with Crippen LogP contribution in [0.1, 0.15) is 46.8 Å². The number of hydrogen-bond donors (Lipinski definition) is 0. The molecule has 1 fully saturated rings. The average molecular weight is 366 g/mol. The van der Waals surface area contributed by atoms with Crippen molar-refractivity contribution in [1.29, 1.82) is 0 Å². The van der Waals surface area contributed by atoms with E-state index in [2.05, 4.69) is 48.2 Å². The monoisotopic (exact) mass is 365 g/mol. The van der Waals surface area contributed by atoms with Gasteiger partial charge in [-0.25, -0.2) is 0 Å². The number of benzene rings is 2. The summed E-state index contributed by atoms with van der Waals surface area (Å²) in [5.41, 5.74) is 4.31. The van der Waals surface area contributed by atoms with Crippen LogP contribution in [-0.2, 0) is 6.54 Å². The summed E-state index contributed by atoms with van der Waals surface area (Å²) in [6, 6.07) is 16.9. The fourth-order valence-corrected chi connectivity index (χ4v) is 3.93. The lowest BCUT2D eigenvalue weighted by Gasteiger charge is -2.37. The first-order valence-electron chi connectivity index (χ1n) is 9.78. The lowest BCUT2D eigenvalue weighted by Crippen LogP contribution is -2.39. The highest BCUT2D eigenvalue weighted by Crippen LogP contribution is 2.33. The van der Waals surface area contributed by atoms with Crippen LogP contribution in [0, 0.1) is 0 Å². The number of nitrogens with zero attached hydrogens (tertiary/aromatic N) is 3. The molecule has 1 heterocycles. The van der Waals surface area contributed by atoms with Gasteiger partial charge in [-0.1, -0.05) is 36.4 Å². The van der Waals surface area contributed by atoms with Gasteiger partial charge in [0.2, 0.25) is 0 Å². The number of carbonyl (C=O) groups excluding carboxylic acids is 1. The fraction of sp³-hybridized carbons (Fsp3) is 0.435. The fourth-order valence-electron chi connectivity index (χ4n) is 3.93. The van der Waals surface area contributed by atoms with E-state index in [1.54, 1.807) is 0 Å². The zero-order valence-electron chi connectivity index (χ0n) is 17.0. The molecular formula is C23H31N3O. The number of para-hydroxylation sites is 1. The summed E-state index contributed by atoms with van der Waals surface area (Å²) in [4.78, 5) is 19.7. The summed E-state index contributed by atoms with van der Waals surface area (Å²) in [5, 5.41) is 0. The Bertz CT molecular complexity index is 767. The number of carbonyl (C=O) groups is 1. The molecule has 1 aliphatic rings. The maximum Gasteiger partial charge on any atom is 0.256 e. The van der Waals surface area contributed by atoms with Gasteiger partial charge in [-0.3, -0.25) is 4.79 Å². The predicted molar refractivity (Wildman–Crippen MR) is 112 cm³/mol. The van der Waals surface area contributed by atoms with Crippen LogP contribution in [0.25, 0.3) is 0 Å². The normalized spacial score (nSPS) is 17.2. The number of anilines is 1. The molecule has 1 amide bonds. The van der Waals surface area contributed by atoms with Crippen LogP contribution in [0.4, 0.5) is 5.69 Å². The smallest absolute Gasteiger partial charge is 0.256 e. The SMILES string of the molecule is CN(C)Cc1ccc(C2CCCCN2C(=O)c2ccccc2N(C)C)cc1. The standard InChI is InChI=1S/C23H31N3O/c1-24(2)17-18-12-14-19(15-13-18)21-10-7-8-16-26(21)23(27)20-9-5-6-11-22(20)25(3)4/h5-6,9,11-15,21H,7-8,10,16-17H2,1-4H3. The molecule has 1 saturated heterocycles. The van der Waals surface area contributed by atoms with Gasteiger partial charge in [-0.05, 0) is 56.6 Å². The highest BCUT2D eigenvalue weighted by molar-refractivity contribution is 6.00. The van der Waals surface area contributed by atoms with Crippen molar-refractivity contribution in [1.82, 2.24) is 9.80 Å². The summed E-state index contributed by atoms with van der Waals surface area (Å²) in [5.74, 6) is 0.140. The Morgan fingerprint density at radius 1 is 1.00 bits per heavy atom. The highest BCUT2D eigenvalue weighted by atomic mass is 16.2. The van der Waals surface area contributed by atoms with Crippen molar-refractivity contribution in [2.75, 3.05) is 39.6 Å². The maximum atomic E-state index is 13.4. The minimum absolute atomic E-state index is 0.140. The molecule has 0 spiro atoms. The number of rotatable bonds is 5. The van der Waals surface area contributed by atoms with Crippen molar-refractivity contribution < 1.29 is 4.79 Å². The van der Waals surface area contributed by atoms with Crippen LogP contribution in [0.15, 0.2) is 48.5 Å². The molecule has 2 aromatic rings. The molecule has 2 aromatic carbocycles. The second-order valence-electron chi connectivity index (χ2n) is 7.90. The van der Waals surface area contributed by atoms with Gasteiger partial charge < -0.3 is 14.7 Å². The van der Waals surface area contributed by atoms with E-state index in [-0.39, 0.29) is 11.9 Å². The highest BCUT2D eigenvalue weighted by Gasteiger charge is 2.30. The van der Waals surface area contributed by atoms with E-state index < -0.39 is 0 Å². The number of likely N-dealkylation sites (tertiary alicyclic amines) is 1. The van der Waals surface area contributed by atoms with Crippen LogP contribution in [-0.4, -0.2) is 50.4 Å². The van der Waals surface area contributed by atoms with Crippen LogP contribution < -0.4 is 4.90 Å². The molecular weight excluding hydrogens is 334 g/mol. The molecule has 0 aromatic heterocycles. The van der Waals surface area contributed by atoms with Crippen LogP contribution in [0.5, 0.6) is 0 Å². The number of piperidine rings is 1.